The summed E-state index contributed by atoms with van der Waals surface area (Å²) in [4.78, 5) is 11.2. The zero-order valence-electron chi connectivity index (χ0n) is 9.99. The highest BCUT2D eigenvalue weighted by Gasteiger charge is 2.07. The molecule has 3 N–H and O–H groups in total. The number of amides is 1. The van der Waals surface area contributed by atoms with Crippen LogP contribution < -0.4 is 11.1 Å². The van der Waals surface area contributed by atoms with Crippen molar-refractivity contribution < 1.29 is 9.18 Å². The molecule has 0 atom stereocenters. The Bertz CT molecular complexity index is 599. The molecule has 1 amide bonds. The number of carbonyl (C=O) groups is 1. The van der Waals surface area contributed by atoms with E-state index >= 15 is 0 Å². The number of nitrogens with one attached hydrogen (secondary N) is 1. The Morgan fingerprint density at radius 2 is 1.89 bits per heavy atom. The zero-order chi connectivity index (χ0) is 13.8. The minimum Gasteiger partial charge on any atom is -0.381 e. The van der Waals surface area contributed by atoms with Crippen LogP contribution in [0.4, 0.5) is 10.1 Å². The van der Waals surface area contributed by atoms with Crippen LogP contribution in [0, 0.1) is 5.82 Å². The van der Waals surface area contributed by atoms with E-state index in [-0.39, 0.29) is 11.4 Å². The van der Waals surface area contributed by atoms with Crippen molar-refractivity contribution >= 4 is 23.2 Å². The number of nitrogens with two attached hydrogens (primary N) is 1. The predicted octanol–water partition coefficient (Wildman–Crippen LogP) is 3.19. The fourth-order valence-corrected chi connectivity index (χ4v) is 1.84. The van der Waals surface area contributed by atoms with Crippen LogP contribution >= 0.6 is 11.6 Å². The first-order valence-corrected chi connectivity index (χ1v) is 6.02. The van der Waals surface area contributed by atoms with Crippen molar-refractivity contribution in [2.75, 3.05) is 5.32 Å². The largest absolute Gasteiger partial charge is 0.381 e. The number of halogens is 2. The number of primary amides is 1. The summed E-state index contributed by atoms with van der Waals surface area (Å²) in [6.07, 6.45) is 0. The van der Waals surface area contributed by atoms with Crippen molar-refractivity contribution in [2.24, 2.45) is 5.73 Å². The van der Waals surface area contributed by atoms with Gasteiger partial charge in [0.25, 0.3) is 0 Å². The maximum Gasteiger partial charge on any atom is 0.250 e. The molecule has 0 aliphatic carbocycles. The third-order valence-corrected chi connectivity index (χ3v) is 2.97. The molecule has 0 aliphatic rings. The minimum atomic E-state index is -0.574. The Morgan fingerprint density at radius 1 is 1.21 bits per heavy atom. The van der Waals surface area contributed by atoms with Crippen molar-refractivity contribution in [3.63, 3.8) is 0 Å². The lowest BCUT2D eigenvalue weighted by Gasteiger charge is -2.08. The van der Waals surface area contributed by atoms with Crippen LogP contribution in [0.2, 0.25) is 5.02 Å². The maximum atomic E-state index is 12.7. The smallest absolute Gasteiger partial charge is 0.250 e. The maximum absolute atomic E-state index is 12.7. The number of rotatable bonds is 4. The molecule has 98 valence electrons. The van der Waals surface area contributed by atoms with Gasteiger partial charge in [-0.25, -0.2) is 4.39 Å². The van der Waals surface area contributed by atoms with E-state index in [4.69, 9.17) is 17.3 Å². The van der Waals surface area contributed by atoms with Crippen molar-refractivity contribution in [3.05, 3.63) is 64.4 Å². The second kappa shape index (κ2) is 5.71. The fraction of sp³-hybridized carbons (Fsp3) is 0.0714. The van der Waals surface area contributed by atoms with E-state index in [2.05, 4.69) is 5.32 Å². The van der Waals surface area contributed by atoms with Crippen LogP contribution in [0.5, 0.6) is 0 Å². The average molecular weight is 279 g/mol. The molecule has 0 saturated carbocycles. The van der Waals surface area contributed by atoms with Crippen molar-refractivity contribution in [2.45, 2.75) is 6.54 Å². The van der Waals surface area contributed by atoms with E-state index < -0.39 is 5.91 Å². The monoisotopic (exact) mass is 278 g/mol. The predicted molar refractivity (Wildman–Crippen MR) is 73.7 cm³/mol. The van der Waals surface area contributed by atoms with Gasteiger partial charge in [0.1, 0.15) is 5.82 Å². The molecule has 0 saturated heterocycles. The number of anilines is 1. The number of hydrogen-bond acceptors (Lipinski definition) is 2. The Balaban J connectivity index is 2.09. The summed E-state index contributed by atoms with van der Waals surface area (Å²) in [6, 6.07) is 11.1. The molecular formula is C14H12ClFN2O. The molecule has 2 aromatic carbocycles. The van der Waals surface area contributed by atoms with Gasteiger partial charge in [0.05, 0.1) is 10.6 Å². The summed E-state index contributed by atoms with van der Waals surface area (Å²) in [5, 5.41) is 3.43. The van der Waals surface area contributed by atoms with Crippen molar-refractivity contribution in [1.29, 1.82) is 0 Å². The van der Waals surface area contributed by atoms with Crippen LogP contribution in [0.15, 0.2) is 42.5 Å². The Labute approximate surface area is 115 Å². The lowest BCUT2D eigenvalue weighted by Crippen LogP contribution is -2.12. The van der Waals surface area contributed by atoms with Gasteiger partial charge in [-0.05, 0) is 35.9 Å². The lowest BCUT2D eigenvalue weighted by molar-refractivity contribution is 0.100. The molecule has 2 aromatic rings. The molecule has 0 heterocycles. The number of carbonyl (C=O) groups excluding carboxylic acids is 1. The zero-order valence-corrected chi connectivity index (χ0v) is 10.7. The molecule has 3 nitrogen and oxygen atoms in total. The van der Waals surface area contributed by atoms with Crippen LogP contribution in [-0.2, 0) is 6.54 Å². The summed E-state index contributed by atoms with van der Waals surface area (Å²) in [5.74, 6) is -0.846. The molecular weight excluding hydrogens is 267 g/mol. The topological polar surface area (TPSA) is 55.1 Å². The van der Waals surface area contributed by atoms with E-state index in [1.165, 1.54) is 12.1 Å². The molecule has 0 bridgehead atoms. The van der Waals surface area contributed by atoms with E-state index in [0.717, 1.165) is 11.3 Å². The summed E-state index contributed by atoms with van der Waals surface area (Å²) in [7, 11) is 0. The molecule has 5 heteroatoms. The van der Waals surface area contributed by atoms with Gasteiger partial charge in [-0.3, -0.25) is 4.79 Å². The molecule has 0 aromatic heterocycles. The molecule has 0 unspecified atom stereocenters. The third-order valence-electron chi connectivity index (χ3n) is 2.64. The summed E-state index contributed by atoms with van der Waals surface area (Å²) in [6.45, 7) is 0.514. The van der Waals surface area contributed by atoms with Crippen LogP contribution in [-0.4, -0.2) is 5.91 Å². The van der Waals surface area contributed by atoms with E-state index in [9.17, 15) is 9.18 Å². The van der Waals surface area contributed by atoms with Gasteiger partial charge in [-0.1, -0.05) is 23.7 Å². The summed E-state index contributed by atoms with van der Waals surface area (Å²) >= 11 is 5.86. The Kier molecular flexibility index (Phi) is 4.02. The highest BCUT2D eigenvalue weighted by Crippen LogP contribution is 2.20. The highest BCUT2D eigenvalue weighted by molar-refractivity contribution is 6.33. The van der Waals surface area contributed by atoms with Gasteiger partial charge in [-0.2, -0.15) is 0 Å². The lowest BCUT2D eigenvalue weighted by atomic mass is 10.1. The van der Waals surface area contributed by atoms with Gasteiger partial charge in [0, 0.05) is 12.2 Å². The van der Waals surface area contributed by atoms with Gasteiger partial charge in [-0.15, -0.1) is 0 Å². The van der Waals surface area contributed by atoms with Gasteiger partial charge >= 0.3 is 0 Å². The SMILES string of the molecule is NC(=O)c1cc(NCc2ccc(F)cc2)ccc1Cl. The second-order valence-electron chi connectivity index (χ2n) is 4.04. The van der Waals surface area contributed by atoms with Crippen molar-refractivity contribution in [1.82, 2.24) is 0 Å². The summed E-state index contributed by atoms with van der Waals surface area (Å²) in [5.41, 5.74) is 7.14. The first-order valence-electron chi connectivity index (χ1n) is 5.64. The molecule has 2 rings (SSSR count). The number of benzene rings is 2. The highest BCUT2D eigenvalue weighted by atomic mass is 35.5. The molecule has 0 radical (unpaired) electrons. The Hall–Kier alpha value is -2.07. The normalized spacial score (nSPS) is 10.2. The molecule has 0 fully saturated rings. The Morgan fingerprint density at radius 3 is 2.53 bits per heavy atom. The summed E-state index contributed by atoms with van der Waals surface area (Å²) < 4.78 is 12.7. The minimum absolute atomic E-state index is 0.269. The fourth-order valence-electron chi connectivity index (χ4n) is 1.63. The van der Waals surface area contributed by atoms with Crippen LogP contribution in [0.3, 0.4) is 0 Å². The molecule has 0 spiro atoms. The third kappa shape index (κ3) is 3.45. The average Bonchev–Trinajstić information content (AvgIpc) is 2.39. The van der Waals surface area contributed by atoms with Crippen molar-refractivity contribution in [3.8, 4) is 0 Å². The van der Waals surface area contributed by atoms with Crippen LogP contribution in [0.25, 0.3) is 0 Å². The van der Waals surface area contributed by atoms with Crippen LogP contribution in [0.1, 0.15) is 15.9 Å². The van der Waals surface area contributed by atoms with E-state index in [1.54, 1.807) is 30.3 Å². The first-order chi connectivity index (χ1) is 9.06. The quantitative estimate of drug-likeness (QED) is 0.902. The number of hydrogen-bond donors (Lipinski definition) is 2. The molecule has 19 heavy (non-hydrogen) atoms. The standard InChI is InChI=1S/C14H12ClFN2O/c15-13-6-5-11(7-12(13)14(17)19)18-8-9-1-3-10(16)4-2-9/h1-7,18H,8H2,(H2,17,19). The van der Waals surface area contributed by atoms with E-state index in [1.807, 2.05) is 0 Å². The van der Waals surface area contributed by atoms with E-state index in [0.29, 0.717) is 11.6 Å². The first kappa shape index (κ1) is 13.4. The van der Waals surface area contributed by atoms with Gasteiger partial charge in [0.15, 0.2) is 0 Å². The van der Waals surface area contributed by atoms with Gasteiger partial charge < -0.3 is 11.1 Å². The van der Waals surface area contributed by atoms with Gasteiger partial charge in [0.2, 0.25) is 5.91 Å². The second-order valence-corrected chi connectivity index (χ2v) is 4.45. The molecule has 0 aliphatic heterocycles.